The van der Waals surface area contributed by atoms with Crippen molar-refractivity contribution in [2.24, 2.45) is 0 Å². The minimum absolute atomic E-state index is 0.251. The molecule has 7 heteroatoms. The number of amides is 2. The standard InChI is InChI=1S/C24H30N2O5/c1-5-6-16-30-23(27)21-20(17-10-8-7-9-11-17)26(24(28)25(2)3)22(31-21)18-12-14-19(29-4)15-13-18/h7-15,20-22H,5-6,16H2,1-4H3/t20-,21+,22?/m0/s1. The van der Waals surface area contributed by atoms with Gasteiger partial charge in [0, 0.05) is 19.7 Å². The van der Waals surface area contributed by atoms with Crippen molar-refractivity contribution in [2.45, 2.75) is 38.1 Å². The second kappa shape index (κ2) is 10.3. The highest BCUT2D eigenvalue weighted by molar-refractivity contribution is 5.81. The van der Waals surface area contributed by atoms with Gasteiger partial charge in [0.25, 0.3) is 0 Å². The molecule has 0 radical (unpaired) electrons. The number of carbonyl (C=O) groups excluding carboxylic acids is 2. The molecular formula is C24H30N2O5. The summed E-state index contributed by atoms with van der Waals surface area (Å²) >= 11 is 0. The van der Waals surface area contributed by atoms with Gasteiger partial charge in [0.2, 0.25) is 0 Å². The fraction of sp³-hybridized carbons (Fsp3) is 0.417. The van der Waals surface area contributed by atoms with Crippen molar-refractivity contribution in [3.8, 4) is 5.75 Å². The smallest absolute Gasteiger partial charge is 0.337 e. The van der Waals surface area contributed by atoms with Crippen LogP contribution >= 0.6 is 0 Å². The maximum Gasteiger partial charge on any atom is 0.337 e. The first-order valence-corrected chi connectivity index (χ1v) is 10.5. The van der Waals surface area contributed by atoms with Crippen LogP contribution in [0, 0.1) is 0 Å². The maximum absolute atomic E-state index is 13.3. The van der Waals surface area contributed by atoms with Gasteiger partial charge in [0.15, 0.2) is 12.3 Å². The second-order valence-electron chi connectivity index (χ2n) is 7.64. The van der Waals surface area contributed by atoms with E-state index >= 15 is 0 Å². The number of esters is 1. The van der Waals surface area contributed by atoms with Gasteiger partial charge in [-0.25, -0.2) is 9.59 Å². The van der Waals surface area contributed by atoms with Crippen molar-refractivity contribution in [1.82, 2.24) is 9.80 Å². The van der Waals surface area contributed by atoms with E-state index in [1.807, 2.05) is 49.4 Å². The molecule has 3 atom stereocenters. The van der Waals surface area contributed by atoms with Crippen molar-refractivity contribution >= 4 is 12.0 Å². The number of carbonyl (C=O) groups is 2. The lowest BCUT2D eigenvalue weighted by atomic mass is 10.0. The Morgan fingerprint density at radius 2 is 1.71 bits per heavy atom. The van der Waals surface area contributed by atoms with E-state index in [0.717, 1.165) is 24.0 Å². The number of urea groups is 1. The molecule has 0 bridgehead atoms. The van der Waals surface area contributed by atoms with Crippen molar-refractivity contribution in [2.75, 3.05) is 27.8 Å². The number of methoxy groups -OCH3 is 1. The monoisotopic (exact) mass is 426 g/mol. The van der Waals surface area contributed by atoms with Gasteiger partial charge < -0.3 is 19.1 Å². The molecule has 166 valence electrons. The van der Waals surface area contributed by atoms with Gasteiger partial charge in [-0.05, 0) is 24.1 Å². The van der Waals surface area contributed by atoms with Crippen molar-refractivity contribution in [1.29, 1.82) is 0 Å². The van der Waals surface area contributed by atoms with Crippen LogP contribution in [0.2, 0.25) is 0 Å². The number of benzene rings is 2. The SMILES string of the molecule is CCCCOC(=O)[C@@H]1OC(c2ccc(OC)cc2)N(C(=O)N(C)C)[C@H]1c1ccccc1. The normalized spacial score (nSPS) is 20.4. The van der Waals surface area contributed by atoms with Gasteiger partial charge in [-0.15, -0.1) is 0 Å². The third-order valence-electron chi connectivity index (χ3n) is 5.23. The summed E-state index contributed by atoms with van der Waals surface area (Å²) in [5, 5.41) is 0. The zero-order valence-corrected chi connectivity index (χ0v) is 18.5. The molecule has 1 saturated heterocycles. The molecule has 1 unspecified atom stereocenters. The first-order chi connectivity index (χ1) is 15.0. The summed E-state index contributed by atoms with van der Waals surface area (Å²) in [5.41, 5.74) is 1.56. The molecule has 1 aliphatic rings. The first-order valence-electron chi connectivity index (χ1n) is 10.5. The van der Waals surface area contributed by atoms with E-state index < -0.39 is 24.3 Å². The molecule has 2 amide bonds. The van der Waals surface area contributed by atoms with Gasteiger partial charge in [0.05, 0.1) is 19.8 Å². The first kappa shape index (κ1) is 22.6. The molecule has 7 nitrogen and oxygen atoms in total. The number of unbranched alkanes of at least 4 members (excludes halogenated alkanes) is 1. The Balaban J connectivity index is 2.03. The predicted molar refractivity (Wildman–Crippen MR) is 117 cm³/mol. The summed E-state index contributed by atoms with van der Waals surface area (Å²) in [5.74, 6) is 0.234. The average molecular weight is 427 g/mol. The third kappa shape index (κ3) is 4.99. The van der Waals surface area contributed by atoms with Crippen LogP contribution < -0.4 is 4.74 Å². The van der Waals surface area contributed by atoms with Crippen LogP contribution in [0.15, 0.2) is 54.6 Å². The summed E-state index contributed by atoms with van der Waals surface area (Å²) in [6.45, 7) is 2.36. The van der Waals surface area contributed by atoms with Gasteiger partial charge in [0.1, 0.15) is 5.75 Å². The van der Waals surface area contributed by atoms with Crippen LogP contribution in [-0.4, -0.2) is 55.7 Å². The lowest BCUT2D eigenvalue weighted by Gasteiger charge is -2.31. The molecule has 0 saturated carbocycles. The number of rotatable bonds is 7. The highest BCUT2D eigenvalue weighted by Crippen LogP contribution is 2.44. The highest BCUT2D eigenvalue weighted by atomic mass is 16.6. The molecule has 1 fully saturated rings. The Morgan fingerprint density at radius 1 is 1.03 bits per heavy atom. The average Bonchev–Trinajstić information content (AvgIpc) is 3.19. The molecule has 0 aliphatic carbocycles. The summed E-state index contributed by atoms with van der Waals surface area (Å²) < 4.78 is 17.0. The minimum Gasteiger partial charge on any atom is -0.497 e. The molecule has 3 rings (SSSR count). The topological polar surface area (TPSA) is 68.3 Å². The Bertz CT molecular complexity index is 869. The van der Waals surface area contributed by atoms with Crippen LogP contribution in [0.4, 0.5) is 4.79 Å². The lowest BCUT2D eigenvalue weighted by molar-refractivity contribution is -0.157. The highest BCUT2D eigenvalue weighted by Gasteiger charge is 2.50. The van der Waals surface area contributed by atoms with Crippen molar-refractivity contribution in [3.63, 3.8) is 0 Å². The van der Waals surface area contributed by atoms with Crippen LogP contribution in [-0.2, 0) is 14.3 Å². The number of nitrogens with zero attached hydrogens (tertiary/aromatic N) is 2. The quantitative estimate of drug-likeness (QED) is 0.491. The molecule has 1 heterocycles. The third-order valence-corrected chi connectivity index (χ3v) is 5.23. The van der Waals surface area contributed by atoms with E-state index in [9.17, 15) is 9.59 Å². The van der Waals surface area contributed by atoms with Crippen LogP contribution in [0.5, 0.6) is 5.75 Å². The minimum atomic E-state index is -0.935. The van der Waals surface area contributed by atoms with Crippen LogP contribution in [0.25, 0.3) is 0 Å². The lowest BCUT2D eigenvalue weighted by Crippen LogP contribution is -2.42. The van der Waals surface area contributed by atoms with E-state index in [1.165, 1.54) is 4.90 Å². The zero-order valence-electron chi connectivity index (χ0n) is 18.5. The van der Waals surface area contributed by atoms with Crippen molar-refractivity contribution in [3.05, 3.63) is 65.7 Å². The summed E-state index contributed by atoms with van der Waals surface area (Å²) in [6, 6.07) is 15.9. The summed E-state index contributed by atoms with van der Waals surface area (Å²) in [4.78, 5) is 29.4. The predicted octanol–water partition coefficient (Wildman–Crippen LogP) is 4.16. The van der Waals surface area contributed by atoms with Gasteiger partial charge >= 0.3 is 12.0 Å². The van der Waals surface area contributed by atoms with Crippen LogP contribution in [0.3, 0.4) is 0 Å². The molecule has 1 aliphatic heterocycles. The molecule has 0 spiro atoms. The molecular weight excluding hydrogens is 396 g/mol. The van der Waals surface area contributed by atoms with E-state index in [-0.39, 0.29) is 6.03 Å². The molecule has 2 aromatic rings. The summed E-state index contributed by atoms with van der Waals surface area (Å²) in [7, 11) is 4.96. The molecule has 2 aromatic carbocycles. The fourth-order valence-corrected chi connectivity index (χ4v) is 3.60. The van der Waals surface area contributed by atoms with E-state index in [4.69, 9.17) is 14.2 Å². The zero-order chi connectivity index (χ0) is 22.4. The van der Waals surface area contributed by atoms with Gasteiger partial charge in [-0.3, -0.25) is 4.90 Å². The Kier molecular flexibility index (Phi) is 7.52. The van der Waals surface area contributed by atoms with E-state index in [2.05, 4.69) is 0 Å². The number of ether oxygens (including phenoxy) is 3. The Morgan fingerprint density at radius 3 is 2.29 bits per heavy atom. The van der Waals surface area contributed by atoms with E-state index in [0.29, 0.717) is 12.4 Å². The number of hydrogen-bond donors (Lipinski definition) is 0. The Labute approximate surface area is 183 Å². The van der Waals surface area contributed by atoms with Crippen molar-refractivity contribution < 1.29 is 23.8 Å². The summed E-state index contributed by atoms with van der Waals surface area (Å²) in [6.07, 6.45) is 0.0159. The largest absolute Gasteiger partial charge is 0.497 e. The number of hydrogen-bond acceptors (Lipinski definition) is 5. The van der Waals surface area contributed by atoms with Gasteiger partial charge in [-0.1, -0.05) is 55.8 Å². The van der Waals surface area contributed by atoms with E-state index in [1.54, 1.807) is 38.2 Å². The van der Waals surface area contributed by atoms with Crippen LogP contribution in [0.1, 0.15) is 43.2 Å². The molecule has 31 heavy (non-hydrogen) atoms. The maximum atomic E-state index is 13.3. The Hall–Kier alpha value is -3.06. The second-order valence-corrected chi connectivity index (χ2v) is 7.64. The van der Waals surface area contributed by atoms with Gasteiger partial charge in [-0.2, -0.15) is 0 Å². The molecule has 0 aromatic heterocycles. The molecule has 0 N–H and O–H groups in total. The fourth-order valence-electron chi connectivity index (χ4n) is 3.60.